The number of anilines is 1. The Bertz CT molecular complexity index is 1400. The van der Waals surface area contributed by atoms with E-state index in [0.29, 0.717) is 17.7 Å². The topological polar surface area (TPSA) is 125 Å². The molecule has 2 amide bonds. The number of nitrogens with zero attached hydrogens (tertiary/aromatic N) is 2. The van der Waals surface area contributed by atoms with E-state index in [0.717, 1.165) is 15.6 Å². The first-order chi connectivity index (χ1) is 20.3. The Morgan fingerprint density at radius 2 is 1.62 bits per heavy atom. The fourth-order valence-corrected chi connectivity index (χ4v) is 5.08. The summed E-state index contributed by atoms with van der Waals surface area (Å²) < 4.78 is 11.1. The summed E-state index contributed by atoms with van der Waals surface area (Å²) >= 11 is 0. The number of ether oxygens (including phenoxy) is 2. The van der Waals surface area contributed by atoms with Gasteiger partial charge in [-0.15, -0.1) is 0 Å². The number of aliphatic carboxylic acids is 1. The van der Waals surface area contributed by atoms with Gasteiger partial charge < -0.3 is 14.6 Å². The maximum Gasteiger partial charge on any atom is 0.347 e. The summed E-state index contributed by atoms with van der Waals surface area (Å²) in [6, 6.07) is 23.7. The molecule has 220 valence electrons. The van der Waals surface area contributed by atoms with E-state index in [4.69, 9.17) is 9.47 Å². The number of fused-ring (bicyclic) bond motifs is 1. The SMILES string of the molecule is CCOC(=O)C(CCc1ccccc1)N[C@](Cc1ccccc1)(C(=O)O)N(C(C)=O)N1C(=O)CCOc2ccccc21. The molecule has 3 aromatic carbocycles. The van der Waals surface area contributed by atoms with Crippen molar-refractivity contribution in [3.8, 4) is 5.75 Å². The number of carbonyl (C=O) groups is 4. The number of hydrogen-bond donors (Lipinski definition) is 2. The summed E-state index contributed by atoms with van der Waals surface area (Å²) in [5.41, 5.74) is -0.562. The molecule has 0 saturated heterocycles. The van der Waals surface area contributed by atoms with Gasteiger partial charge in [0.15, 0.2) is 0 Å². The molecule has 42 heavy (non-hydrogen) atoms. The van der Waals surface area contributed by atoms with Gasteiger partial charge in [-0.3, -0.25) is 19.7 Å². The van der Waals surface area contributed by atoms with Crippen molar-refractivity contribution in [2.75, 3.05) is 18.2 Å². The second kappa shape index (κ2) is 13.8. The minimum Gasteiger partial charge on any atom is -0.491 e. The van der Waals surface area contributed by atoms with Crippen LogP contribution in [0.25, 0.3) is 0 Å². The van der Waals surface area contributed by atoms with E-state index in [1.807, 2.05) is 30.3 Å². The summed E-state index contributed by atoms with van der Waals surface area (Å²) in [7, 11) is 0. The lowest BCUT2D eigenvalue weighted by atomic mass is 9.95. The van der Waals surface area contributed by atoms with E-state index < -0.39 is 35.5 Å². The standard InChI is InChI=1S/C32H35N3O7/c1-3-41-30(38)26(19-18-24-12-6-4-7-13-24)33-32(31(39)40,22-25-14-8-5-9-15-25)35(23(2)36)34-27-16-10-11-17-28(27)42-21-20-29(34)37/h4-17,26,33H,3,18-22H2,1-2H3,(H,39,40)/t26?,32-/m0/s1. The van der Waals surface area contributed by atoms with E-state index in [2.05, 4.69) is 5.32 Å². The quantitative estimate of drug-likeness (QED) is 0.248. The zero-order valence-corrected chi connectivity index (χ0v) is 23.7. The molecule has 2 atom stereocenters. The van der Waals surface area contributed by atoms with Crippen LogP contribution in [0.1, 0.15) is 37.8 Å². The number of para-hydroxylation sites is 2. The predicted octanol–water partition coefficient (Wildman–Crippen LogP) is 3.74. The Balaban J connectivity index is 1.88. The number of aryl methyl sites for hydroxylation is 1. The number of amides is 2. The lowest BCUT2D eigenvalue weighted by Crippen LogP contribution is -2.74. The molecule has 1 unspecified atom stereocenters. The summed E-state index contributed by atoms with van der Waals surface area (Å²) in [5.74, 6) is -3.06. The maximum absolute atomic E-state index is 13.6. The lowest BCUT2D eigenvalue weighted by Gasteiger charge is -2.47. The van der Waals surface area contributed by atoms with E-state index in [9.17, 15) is 24.3 Å². The third-order valence-electron chi connectivity index (χ3n) is 6.97. The van der Waals surface area contributed by atoms with Gasteiger partial charge in [0.2, 0.25) is 17.5 Å². The fourth-order valence-electron chi connectivity index (χ4n) is 5.08. The van der Waals surface area contributed by atoms with Gasteiger partial charge in [-0.1, -0.05) is 72.8 Å². The molecule has 0 aliphatic carbocycles. The molecule has 10 heteroatoms. The van der Waals surface area contributed by atoms with Gasteiger partial charge >= 0.3 is 11.9 Å². The van der Waals surface area contributed by atoms with Crippen LogP contribution in [-0.2, 0) is 36.8 Å². The highest BCUT2D eigenvalue weighted by atomic mass is 16.5. The lowest BCUT2D eigenvalue weighted by molar-refractivity contribution is -0.167. The molecule has 0 fully saturated rings. The zero-order chi connectivity index (χ0) is 30.1. The molecule has 0 aromatic heterocycles. The number of rotatable bonds is 12. The van der Waals surface area contributed by atoms with Crippen LogP contribution in [0, 0.1) is 0 Å². The van der Waals surface area contributed by atoms with Crippen molar-refractivity contribution in [1.82, 2.24) is 10.3 Å². The number of carbonyl (C=O) groups excluding carboxylic acids is 3. The van der Waals surface area contributed by atoms with Gasteiger partial charge in [0.1, 0.15) is 17.5 Å². The average molecular weight is 574 g/mol. The minimum absolute atomic E-state index is 0.0484. The van der Waals surface area contributed by atoms with Gasteiger partial charge in [-0.25, -0.2) is 14.8 Å². The van der Waals surface area contributed by atoms with Crippen LogP contribution in [0.3, 0.4) is 0 Å². The highest BCUT2D eigenvalue weighted by molar-refractivity contribution is 6.00. The van der Waals surface area contributed by atoms with Crippen molar-refractivity contribution in [2.45, 2.75) is 51.2 Å². The van der Waals surface area contributed by atoms with Gasteiger partial charge in [-0.2, -0.15) is 0 Å². The Hall–Kier alpha value is -4.70. The van der Waals surface area contributed by atoms with Crippen LogP contribution >= 0.6 is 0 Å². The zero-order valence-electron chi connectivity index (χ0n) is 23.7. The van der Waals surface area contributed by atoms with Gasteiger partial charge in [-0.05, 0) is 43.0 Å². The number of carboxylic acid groups (broad SMARTS) is 1. The van der Waals surface area contributed by atoms with Gasteiger partial charge in [0.25, 0.3) is 0 Å². The third-order valence-corrected chi connectivity index (χ3v) is 6.97. The molecule has 10 nitrogen and oxygen atoms in total. The normalized spacial score (nSPS) is 14.9. The van der Waals surface area contributed by atoms with Crippen molar-refractivity contribution in [1.29, 1.82) is 0 Å². The molecular formula is C32H35N3O7. The van der Waals surface area contributed by atoms with Crippen LogP contribution in [0.2, 0.25) is 0 Å². The fraction of sp³-hybridized carbons (Fsp3) is 0.312. The number of hydrogen-bond acceptors (Lipinski definition) is 7. The van der Waals surface area contributed by atoms with Crippen LogP contribution in [0.15, 0.2) is 84.9 Å². The number of hydrazine groups is 1. The molecule has 0 bridgehead atoms. The molecular weight excluding hydrogens is 538 g/mol. The van der Waals surface area contributed by atoms with Gasteiger partial charge in [0, 0.05) is 13.3 Å². The van der Waals surface area contributed by atoms with E-state index in [-0.39, 0.29) is 38.2 Å². The summed E-state index contributed by atoms with van der Waals surface area (Å²) in [5, 5.41) is 16.0. The van der Waals surface area contributed by atoms with Crippen molar-refractivity contribution in [3.05, 3.63) is 96.1 Å². The van der Waals surface area contributed by atoms with Crippen molar-refractivity contribution < 1.29 is 33.8 Å². The first kappa shape index (κ1) is 30.3. The van der Waals surface area contributed by atoms with Crippen molar-refractivity contribution in [3.63, 3.8) is 0 Å². The van der Waals surface area contributed by atoms with E-state index in [1.165, 1.54) is 6.92 Å². The molecule has 3 aromatic rings. The molecule has 0 saturated carbocycles. The molecule has 0 spiro atoms. The Kier molecular flexibility index (Phi) is 9.93. The number of carboxylic acids is 1. The first-order valence-electron chi connectivity index (χ1n) is 13.9. The Morgan fingerprint density at radius 3 is 2.24 bits per heavy atom. The Morgan fingerprint density at radius 1 is 1.00 bits per heavy atom. The highest BCUT2D eigenvalue weighted by Gasteiger charge is 2.53. The van der Waals surface area contributed by atoms with Gasteiger partial charge in [0.05, 0.1) is 19.6 Å². The third kappa shape index (κ3) is 6.77. The smallest absolute Gasteiger partial charge is 0.347 e. The Labute approximate surface area is 244 Å². The molecule has 1 heterocycles. The van der Waals surface area contributed by atoms with Crippen LogP contribution < -0.4 is 15.1 Å². The first-order valence-corrected chi connectivity index (χ1v) is 13.9. The predicted molar refractivity (Wildman–Crippen MR) is 155 cm³/mol. The molecule has 0 radical (unpaired) electrons. The largest absolute Gasteiger partial charge is 0.491 e. The van der Waals surface area contributed by atoms with Crippen LogP contribution in [0.4, 0.5) is 5.69 Å². The number of benzene rings is 3. The highest BCUT2D eigenvalue weighted by Crippen LogP contribution is 2.36. The molecule has 1 aliphatic rings. The molecule has 1 aliphatic heterocycles. The van der Waals surface area contributed by atoms with Crippen LogP contribution in [-0.4, -0.2) is 58.8 Å². The van der Waals surface area contributed by atoms with Crippen LogP contribution in [0.5, 0.6) is 5.75 Å². The summed E-state index contributed by atoms with van der Waals surface area (Å²) in [6.07, 6.45) is 0.232. The van der Waals surface area contributed by atoms with Crippen molar-refractivity contribution in [2.24, 2.45) is 0 Å². The maximum atomic E-state index is 13.6. The second-order valence-electron chi connectivity index (χ2n) is 9.90. The van der Waals surface area contributed by atoms with E-state index in [1.54, 1.807) is 61.5 Å². The number of esters is 1. The minimum atomic E-state index is -2.28. The molecule has 2 N–H and O–H groups in total. The monoisotopic (exact) mass is 573 g/mol. The summed E-state index contributed by atoms with van der Waals surface area (Å²) in [6.45, 7) is 2.98. The second-order valence-corrected chi connectivity index (χ2v) is 9.90. The number of nitrogens with one attached hydrogen (secondary N) is 1. The molecule has 4 rings (SSSR count). The summed E-state index contributed by atoms with van der Waals surface area (Å²) in [4.78, 5) is 54.1. The van der Waals surface area contributed by atoms with E-state index >= 15 is 0 Å². The van der Waals surface area contributed by atoms with Crippen molar-refractivity contribution >= 4 is 29.4 Å². The average Bonchev–Trinajstić information content (AvgIpc) is 3.14.